The molecule has 2 aromatic rings. The van der Waals surface area contributed by atoms with Crippen LogP contribution in [0.15, 0.2) is 53.4 Å². The molecule has 0 N–H and O–H groups in total. The minimum Gasteiger partial charge on any atom is -0.371 e. The molecule has 1 atom stereocenters. The van der Waals surface area contributed by atoms with Gasteiger partial charge >= 0.3 is 0 Å². The molecule has 1 aliphatic heterocycles. The molecule has 3 rings (SSSR count). The standard InChI is InChI=1S/C17H18FNO3S/c1-13-6-8-14(9-7-13)23(20,21)19-10-11-22-17(12-19)15-4-2-3-5-16(15)18/h2-9,17H,10-12H2,1H3. The Bertz CT molecular complexity index is 790. The number of hydrogen-bond donors (Lipinski definition) is 0. The average Bonchev–Trinajstić information content (AvgIpc) is 2.56. The van der Waals surface area contributed by atoms with Crippen LogP contribution >= 0.6 is 0 Å². The van der Waals surface area contributed by atoms with Crippen molar-refractivity contribution in [3.8, 4) is 0 Å². The van der Waals surface area contributed by atoms with Gasteiger partial charge in [0.05, 0.1) is 17.6 Å². The van der Waals surface area contributed by atoms with Gasteiger partial charge in [0.1, 0.15) is 5.82 Å². The van der Waals surface area contributed by atoms with Crippen LogP contribution < -0.4 is 0 Å². The van der Waals surface area contributed by atoms with E-state index in [1.165, 1.54) is 10.4 Å². The molecule has 23 heavy (non-hydrogen) atoms. The molecule has 0 bridgehead atoms. The van der Waals surface area contributed by atoms with Gasteiger partial charge in [-0.2, -0.15) is 4.31 Å². The van der Waals surface area contributed by atoms with Crippen molar-refractivity contribution in [1.29, 1.82) is 0 Å². The number of hydrogen-bond acceptors (Lipinski definition) is 3. The van der Waals surface area contributed by atoms with Crippen molar-refractivity contribution in [2.24, 2.45) is 0 Å². The minimum absolute atomic E-state index is 0.108. The number of ether oxygens (including phenoxy) is 1. The molecule has 1 heterocycles. The van der Waals surface area contributed by atoms with Crippen LogP contribution in [0.3, 0.4) is 0 Å². The first-order valence-electron chi connectivity index (χ1n) is 7.41. The second kappa shape index (κ2) is 6.39. The number of nitrogens with zero attached hydrogens (tertiary/aromatic N) is 1. The predicted octanol–water partition coefficient (Wildman–Crippen LogP) is 2.90. The first-order valence-corrected chi connectivity index (χ1v) is 8.85. The van der Waals surface area contributed by atoms with Crippen molar-refractivity contribution in [3.05, 3.63) is 65.5 Å². The van der Waals surface area contributed by atoms with Gasteiger partial charge in [-0.15, -0.1) is 0 Å². The Morgan fingerprint density at radius 3 is 2.52 bits per heavy atom. The Labute approximate surface area is 135 Å². The summed E-state index contributed by atoms with van der Waals surface area (Å²) in [5.74, 6) is -0.382. The third-order valence-electron chi connectivity index (χ3n) is 3.94. The summed E-state index contributed by atoms with van der Waals surface area (Å²) in [5, 5.41) is 0. The molecule has 122 valence electrons. The van der Waals surface area contributed by atoms with Gasteiger partial charge < -0.3 is 4.74 Å². The summed E-state index contributed by atoms with van der Waals surface area (Å²) in [6, 6.07) is 13.0. The molecule has 0 aliphatic carbocycles. The zero-order valence-electron chi connectivity index (χ0n) is 12.8. The molecule has 2 aromatic carbocycles. The van der Waals surface area contributed by atoms with Crippen LogP contribution in [-0.2, 0) is 14.8 Å². The molecular formula is C17H18FNO3S. The highest BCUT2D eigenvalue weighted by Gasteiger charge is 2.32. The fourth-order valence-corrected chi connectivity index (χ4v) is 4.05. The number of benzene rings is 2. The van der Waals surface area contributed by atoms with Crippen LogP contribution in [0.1, 0.15) is 17.2 Å². The highest BCUT2D eigenvalue weighted by atomic mass is 32.2. The second-order valence-corrected chi connectivity index (χ2v) is 7.49. The maximum Gasteiger partial charge on any atom is 0.243 e. The molecule has 0 aromatic heterocycles. The van der Waals surface area contributed by atoms with Gasteiger partial charge in [-0.05, 0) is 25.1 Å². The smallest absolute Gasteiger partial charge is 0.243 e. The molecule has 6 heteroatoms. The van der Waals surface area contributed by atoms with Gasteiger partial charge in [0.15, 0.2) is 0 Å². The lowest BCUT2D eigenvalue weighted by atomic mass is 10.1. The maximum atomic E-state index is 13.9. The van der Waals surface area contributed by atoms with E-state index in [0.717, 1.165) is 5.56 Å². The van der Waals surface area contributed by atoms with E-state index in [1.807, 2.05) is 6.92 Å². The highest BCUT2D eigenvalue weighted by molar-refractivity contribution is 7.89. The molecular weight excluding hydrogens is 317 g/mol. The van der Waals surface area contributed by atoms with Gasteiger partial charge in [-0.1, -0.05) is 35.9 Å². The van der Waals surface area contributed by atoms with E-state index in [1.54, 1.807) is 42.5 Å². The minimum atomic E-state index is -3.60. The molecule has 1 fully saturated rings. The van der Waals surface area contributed by atoms with E-state index in [-0.39, 0.29) is 30.4 Å². The molecule has 0 spiro atoms. The number of morpholine rings is 1. The number of aryl methyl sites for hydroxylation is 1. The lowest BCUT2D eigenvalue weighted by Gasteiger charge is -2.32. The van der Waals surface area contributed by atoms with Crippen LogP contribution in [0.5, 0.6) is 0 Å². The first kappa shape index (κ1) is 16.1. The third-order valence-corrected chi connectivity index (χ3v) is 5.82. The van der Waals surface area contributed by atoms with Crippen molar-refractivity contribution in [2.45, 2.75) is 17.9 Å². The average molecular weight is 335 g/mol. The number of rotatable bonds is 3. The zero-order valence-corrected chi connectivity index (χ0v) is 13.6. The fourth-order valence-electron chi connectivity index (χ4n) is 2.63. The Kier molecular flexibility index (Phi) is 4.48. The molecule has 1 saturated heterocycles. The zero-order chi connectivity index (χ0) is 16.4. The number of halogens is 1. The van der Waals surface area contributed by atoms with Crippen molar-refractivity contribution in [3.63, 3.8) is 0 Å². The molecule has 4 nitrogen and oxygen atoms in total. The van der Waals surface area contributed by atoms with Gasteiger partial charge in [-0.25, -0.2) is 12.8 Å². The van der Waals surface area contributed by atoms with E-state index < -0.39 is 16.1 Å². The summed E-state index contributed by atoms with van der Waals surface area (Å²) in [4.78, 5) is 0.247. The van der Waals surface area contributed by atoms with E-state index in [9.17, 15) is 12.8 Å². The van der Waals surface area contributed by atoms with Crippen molar-refractivity contribution in [2.75, 3.05) is 19.7 Å². The van der Waals surface area contributed by atoms with E-state index in [4.69, 9.17) is 4.74 Å². The lowest BCUT2D eigenvalue weighted by molar-refractivity contribution is -0.00442. The van der Waals surface area contributed by atoms with Crippen molar-refractivity contribution < 1.29 is 17.5 Å². The largest absolute Gasteiger partial charge is 0.371 e. The monoisotopic (exact) mass is 335 g/mol. The normalized spacial score (nSPS) is 19.7. The lowest BCUT2D eigenvalue weighted by Crippen LogP contribution is -2.42. The van der Waals surface area contributed by atoms with Crippen LogP contribution in [-0.4, -0.2) is 32.4 Å². The molecule has 1 unspecified atom stereocenters. The van der Waals surface area contributed by atoms with Crippen LogP contribution in [0, 0.1) is 12.7 Å². The summed E-state index contributed by atoms with van der Waals surface area (Å²) in [7, 11) is -3.60. The molecule has 0 radical (unpaired) electrons. The summed E-state index contributed by atoms with van der Waals surface area (Å²) < 4.78 is 46.3. The van der Waals surface area contributed by atoms with Crippen LogP contribution in [0.2, 0.25) is 0 Å². The summed E-state index contributed by atoms with van der Waals surface area (Å²) in [5.41, 5.74) is 1.38. The molecule has 1 aliphatic rings. The Morgan fingerprint density at radius 1 is 1.13 bits per heavy atom. The van der Waals surface area contributed by atoms with Gasteiger partial charge in [-0.3, -0.25) is 0 Å². The van der Waals surface area contributed by atoms with Gasteiger partial charge in [0.2, 0.25) is 10.0 Å². The Balaban J connectivity index is 1.86. The van der Waals surface area contributed by atoms with Gasteiger partial charge in [0.25, 0.3) is 0 Å². The SMILES string of the molecule is Cc1ccc(S(=O)(=O)N2CCOC(c3ccccc3F)C2)cc1. The summed E-state index contributed by atoms with van der Waals surface area (Å²) >= 11 is 0. The quantitative estimate of drug-likeness (QED) is 0.866. The summed E-state index contributed by atoms with van der Waals surface area (Å²) in [6.45, 7) is 2.52. The van der Waals surface area contributed by atoms with Gasteiger partial charge in [0, 0.05) is 18.7 Å². The van der Waals surface area contributed by atoms with E-state index >= 15 is 0 Å². The molecule has 0 saturated carbocycles. The first-order chi connectivity index (χ1) is 11.0. The maximum absolute atomic E-state index is 13.9. The molecule has 0 amide bonds. The van der Waals surface area contributed by atoms with Crippen molar-refractivity contribution >= 4 is 10.0 Å². The number of sulfonamides is 1. The summed E-state index contributed by atoms with van der Waals surface area (Å²) in [6.07, 6.45) is -0.592. The van der Waals surface area contributed by atoms with Crippen molar-refractivity contribution in [1.82, 2.24) is 4.31 Å². The van der Waals surface area contributed by atoms with E-state index in [2.05, 4.69) is 0 Å². The third kappa shape index (κ3) is 3.29. The predicted molar refractivity (Wildman–Crippen MR) is 85.0 cm³/mol. The van der Waals surface area contributed by atoms with E-state index in [0.29, 0.717) is 5.56 Å². The Hall–Kier alpha value is -1.76. The topological polar surface area (TPSA) is 46.6 Å². The highest BCUT2D eigenvalue weighted by Crippen LogP contribution is 2.28. The van der Waals surface area contributed by atoms with Crippen LogP contribution in [0.4, 0.5) is 4.39 Å². The Morgan fingerprint density at radius 2 is 1.83 bits per heavy atom. The van der Waals surface area contributed by atoms with Crippen LogP contribution in [0.25, 0.3) is 0 Å². The second-order valence-electron chi connectivity index (χ2n) is 5.56. The fraction of sp³-hybridized carbons (Fsp3) is 0.294.